The molecule has 0 spiro atoms. The van der Waals surface area contributed by atoms with Gasteiger partial charge in [0.15, 0.2) is 0 Å². The molecule has 1 unspecified atom stereocenters. The number of nitrogens with zero attached hydrogens (tertiary/aromatic N) is 2. The second kappa shape index (κ2) is 7.66. The number of esters is 1. The molecule has 0 bridgehead atoms. The van der Waals surface area contributed by atoms with Crippen LogP contribution in [-0.4, -0.2) is 39.0 Å². The molecule has 148 valence electrons. The molecule has 0 N–H and O–H groups in total. The van der Waals surface area contributed by atoms with E-state index in [-0.39, 0.29) is 11.5 Å². The van der Waals surface area contributed by atoms with Gasteiger partial charge in [0.2, 0.25) is 0 Å². The summed E-state index contributed by atoms with van der Waals surface area (Å²) in [6, 6.07) is 11.3. The third kappa shape index (κ3) is 3.75. The van der Waals surface area contributed by atoms with Crippen molar-refractivity contribution in [2.24, 2.45) is 4.99 Å². The third-order valence-electron chi connectivity index (χ3n) is 5.63. The first-order chi connectivity index (χ1) is 13.3. The van der Waals surface area contributed by atoms with E-state index >= 15 is 0 Å². The number of fused-ring (bicyclic) bond motifs is 1. The number of methoxy groups -OCH3 is 2. The Kier molecular flexibility index (Phi) is 5.45. The van der Waals surface area contributed by atoms with Crippen molar-refractivity contribution in [2.45, 2.75) is 38.6 Å². The Bertz CT molecular complexity index is 901. The minimum Gasteiger partial charge on any atom is -0.496 e. The van der Waals surface area contributed by atoms with Crippen LogP contribution in [0.5, 0.6) is 5.75 Å². The van der Waals surface area contributed by atoms with E-state index in [1.54, 1.807) is 31.4 Å². The zero-order valence-corrected chi connectivity index (χ0v) is 17.4. The molecule has 1 aliphatic rings. The van der Waals surface area contributed by atoms with Crippen molar-refractivity contribution in [3.05, 3.63) is 53.1 Å². The highest BCUT2D eigenvalue weighted by atomic mass is 16.5. The van der Waals surface area contributed by atoms with Crippen molar-refractivity contribution in [3.63, 3.8) is 0 Å². The van der Waals surface area contributed by atoms with Gasteiger partial charge in [0.05, 0.1) is 25.5 Å². The highest BCUT2D eigenvalue weighted by Gasteiger charge is 2.34. The highest BCUT2D eigenvalue weighted by molar-refractivity contribution is 5.90. The highest BCUT2D eigenvalue weighted by Crippen LogP contribution is 2.44. The average molecular weight is 380 g/mol. The van der Waals surface area contributed by atoms with Gasteiger partial charge in [0, 0.05) is 36.1 Å². The number of anilines is 1. The van der Waals surface area contributed by atoms with Crippen molar-refractivity contribution >= 4 is 23.6 Å². The molecule has 5 heteroatoms. The second-order valence-electron chi connectivity index (χ2n) is 7.93. The Labute approximate surface area is 167 Å². The number of aliphatic imine (C=N–C) groups is 1. The van der Waals surface area contributed by atoms with Crippen LogP contribution in [0.1, 0.15) is 54.6 Å². The molecular formula is C23H28N2O3. The fourth-order valence-electron chi connectivity index (χ4n) is 3.83. The van der Waals surface area contributed by atoms with Gasteiger partial charge in [-0.15, -0.1) is 0 Å². The van der Waals surface area contributed by atoms with Crippen LogP contribution in [0.25, 0.3) is 0 Å². The molecule has 0 radical (unpaired) electrons. The van der Waals surface area contributed by atoms with Crippen molar-refractivity contribution in [2.75, 3.05) is 26.2 Å². The molecule has 2 aromatic carbocycles. The summed E-state index contributed by atoms with van der Waals surface area (Å²) in [4.78, 5) is 18.4. The summed E-state index contributed by atoms with van der Waals surface area (Å²) in [7, 11) is 5.19. The Morgan fingerprint density at radius 1 is 1.21 bits per heavy atom. The van der Waals surface area contributed by atoms with Crippen LogP contribution in [0.2, 0.25) is 0 Å². The van der Waals surface area contributed by atoms with Crippen LogP contribution in [-0.2, 0) is 4.74 Å². The first-order valence-corrected chi connectivity index (χ1v) is 9.45. The first-order valence-electron chi connectivity index (χ1n) is 9.45. The predicted octanol–water partition coefficient (Wildman–Crippen LogP) is 4.95. The molecule has 0 saturated heterocycles. The fourth-order valence-corrected chi connectivity index (χ4v) is 3.83. The maximum atomic E-state index is 11.5. The van der Waals surface area contributed by atoms with E-state index in [0.29, 0.717) is 11.5 Å². The van der Waals surface area contributed by atoms with E-state index < -0.39 is 0 Å². The van der Waals surface area contributed by atoms with Crippen LogP contribution in [0.3, 0.4) is 0 Å². The van der Waals surface area contributed by atoms with Crippen molar-refractivity contribution < 1.29 is 14.3 Å². The zero-order chi connectivity index (χ0) is 20.5. The van der Waals surface area contributed by atoms with E-state index in [2.05, 4.69) is 49.8 Å². The molecule has 5 nitrogen and oxygen atoms in total. The van der Waals surface area contributed by atoms with E-state index in [0.717, 1.165) is 23.4 Å². The van der Waals surface area contributed by atoms with Gasteiger partial charge in [-0.1, -0.05) is 6.92 Å². The summed E-state index contributed by atoms with van der Waals surface area (Å²) >= 11 is 0. The number of ether oxygens (including phenoxy) is 2. The quantitative estimate of drug-likeness (QED) is 0.556. The van der Waals surface area contributed by atoms with Gasteiger partial charge in [-0.2, -0.15) is 0 Å². The predicted molar refractivity (Wildman–Crippen MR) is 114 cm³/mol. The number of rotatable bonds is 4. The van der Waals surface area contributed by atoms with Crippen LogP contribution >= 0.6 is 0 Å². The molecule has 1 aliphatic heterocycles. The lowest BCUT2D eigenvalue weighted by Gasteiger charge is -2.45. The standard InChI is InChI=1S/C23H28N2O3/c1-15-13-23(2,3)25(4)20-12-21(27-5)17(11-19(15)20)14-24-18-9-7-16(8-10-18)22(26)28-6/h7-12,14-15H,13H2,1-6H3. The van der Waals surface area contributed by atoms with Gasteiger partial charge in [-0.25, -0.2) is 4.79 Å². The minimum atomic E-state index is -0.354. The first kappa shape index (κ1) is 19.9. The van der Waals surface area contributed by atoms with Crippen LogP contribution < -0.4 is 9.64 Å². The van der Waals surface area contributed by atoms with Crippen LogP contribution in [0, 0.1) is 0 Å². The smallest absolute Gasteiger partial charge is 0.337 e. The van der Waals surface area contributed by atoms with Crippen LogP contribution in [0.4, 0.5) is 11.4 Å². The molecule has 1 atom stereocenters. The SMILES string of the molecule is COC(=O)c1ccc(N=Cc2cc3c(cc2OC)N(C)C(C)(C)CC3C)cc1. The molecule has 0 aromatic heterocycles. The maximum Gasteiger partial charge on any atom is 0.337 e. The lowest BCUT2D eigenvalue weighted by atomic mass is 9.80. The Hall–Kier alpha value is -2.82. The normalized spacial score (nSPS) is 18.1. The van der Waals surface area contributed by atoms with E-state index in [1.165, 1.54) is 18.4 Å². The van der Waals surface area contributed by atoms with Crippen molar-refractivity contribution in [1.82, 2.24) is 0 Å². The summed E-state index contributed by atoms with van der Waals surface area (Å²) in [5.41, 5.74) is 4.84. The van der Waals surface area contributed by atoms with Crippen molar-refractivity contribution in [1.29, 1.82) is 0 Å². The number of carbonyl (C=O) groups is 1. The fraction of sp³-hybridized carbons (Fsp3) is 0.391. The Morgan fingerprint density at radius 2 is 1.89 bits per heavy atom. The molecule has 2 aromatic rings. The number of benzene rings is 2. The molecule has 3 rings (SSSR count). The number of hydrogen-bond donors (Lipinski definition) is 0. The molecule has 0 saturated carbocycles. The average Bonchev–Trinajstić information content (AvgIpc) is 2.69. The number of hydrogen-bond acceptors (Lipinski definition) is 5. The summed E-state index contributed by atoms with van der Waals surface area (Å²) in [5, 5.41) is 0. The van der Waals surface area contributed by atoms with E-state index in [4.69, 9.17) is 9.47 Å². The molecule has 0 amide bonds. The summed E-state index contributed by atoms with van der Waals surface area (Å²) in [5.74, 6) is 0.900. The van der Waals surface area contributed by atoms with E-state index in [9.17, 15) is 4.79 Å². The van der Waals surface area contributed by atoms with E-state index in [1.807, 2.05) is 6.21 Å². The molecular weight excluding hydrogens is 352 g/mol. The van der Waals surface area contributed by atoms with Gasteiger partial charge >= 0.3 is 5.97 Å². The maximum absolute atomic E-state index is 11.5. The lowest BCUT2D eigenvalue weighted by Crippen LogP contribution is -2.45. The summed E-state index contributed by atoms with van der Waals surface area (Å²) in [6.07, 6.45) is 2.91. The molecule has 28 heavy (non-hydrogen) atoms. The zero-order valence-electron chi connectivity index (χ0n) is 17.4. The van der Waals surface area contributed by atoms with Gasteiger partial charge in [0.25, 0.3) is 0 Å². The Balaban J connectivity index is 1.93. The van der Waals surface area contributed by atoms with Gasteiger partial charge < -0.3 is 14.4 Å². The van der Waals surface area contributed by atoms with Gasteiger partial charge in [0.1, 0.15) is 5.75 Å². The van der Waals surface area contributed by atoms with Gasteiger partial charge in [-0.05, 0) is 62.1 Å². The third-order valence-corrected chi connectivity index (χ3v) is 5.63. The summed E-state index contributed by atoms with van der Waals surface area (Å²) in [6.45, 7) is 6.81. The largest absolute Gasteiger partial charge is 0.496 e. The monoisotopic (exact) mass is 380 g/mol. The second-order valence-corrected chi connectivity index (χ2v) is 7.93. The lowest BCUT2D eigenvalue weighted by molar-refractivity contribution is 0.0601. The number of carbonyl (C=O) groups excluding carboxylic acids is 1. The van der Waals surface area contributed by atoms with Crippen LogP contribution in [0.15, 0.2) is 41.4 Å². The molecule has 1 heterocycles. The topological polar surface area (TPSA) is 51.1 Å². The summed E-state index contributed by atoms with van der Waals surface area (Å²) < 4.78 is 10.4. The minimum absolute atomic E-state index is 0.106. The van der Waals surface area contributed by atoms with Crippen molar-refractivity contribution in [3.8, 4) is 5.75 Å². The van der Waals surface area contributed by atoms with Gasteiger partial charge in [-0.3, -0.25) is 4.99 Å². The Morgan fingerprint density at radius 3 is 2.50 bits per heavy atom. The molecule has 0 fully saturated rings. The molecule has 0 aliphatic carbocycles.